The van der Waals surface area contributed by atoms with Crippen LogP contribution in [0.2, 0.25) is 0 Å². The summed E-state index contributed by atoms with van der Waals surface area (Å²) in [6, 6.07) is 9.05. The third-order valence-corrected chi connectivity index (χ3v) is 4.22. The fourth-order valence-corrected chi connectivity index (χ4v) is 2.96. The fraction of sp³-hybridized carbons (Fsp3) is 0.600. The van der Waals surface area contributed by atoms with Crippen LogP contribution in [-0.2, 0) is 13.2 Å². The van der Waals surface area contributed by atoms with Crippen molar-refractivity contribution in [2.75, 3.05) is 39.3 Å². The minimum Gasteiger partial charge on any atom is -0.392 e. The first-order valence-corrected chi connectivity index (χ1v) is 7.21. The Kier molecular flexibility index (Phi) is 4.13. The second-order valence-electron chi connectivity index (χ2n) is 5.61. The van der Waals surface area contributed by atoms with E-state index in [0.29, 0.717) is 0 Å². The zero-order chi connectivity index (χ0) is 13.1. The number of aliphatic hydroxyl groups is 1. The number of rotatable bonds is 4. The predicted octanol–water partition coefficient (Wildman–Crippen LogP) is 0.268. The molecule has 4 nitrogen and oxygen atoms in total. The first-order valence-electron chi connectivity index (χ1n) is 7.21. The van der Waals surface area contributed by atoms with E-state index in [2.05, 4.69) is 27.2 Å². The van der Waals surface area contributed by atoms with Gasteiger partial charge in [-0.3, -0.25) is 9.80 Å². The molecule has 1 aromatic carbocycles. The molecule has 19 heavy (non-hydrogen) atoms. The van der Waals surface area contributed by atoms with Crippen LogP contribution < -0.4 is 5.32 Å². The van der Waals surface area contributed by atoms with Gasteiger partial charge in [-0.2, -0.15) is 0 Å². The van der Waals surface area contributed by atoms with Crippen LogP contribution >= 0.6 is 0 Å². The largest absolute Gasteiger partial charge is 0.392 e. The molecule has 0 aromatic heterocycles. The van der Waals surface area contributed by atoms with E-state index in [9.17, 15) is 0 Å². The van der Waals surface area contributed by atoms with Crippen LogP contribution in [-0.4, -0.2) is 60.2 Å². The van der Waals surface area contributed by atoms with E-state index < -0.39 is 0 Å². The monoisotopic (exact) mass is 261 g/mol. The van der Waals surface area contributed by atoms with Crippen molar-refractivity contribution < 1.29 is 5.11 Å². The van der Waals surface area contributed by atoms with Crippen molar-refractivity contribution in [3.05, 3.63) is 35.4 Å². The molecular weight excluding hydrogens is 238 g/mol. The topological polar surface area (TPSA) is 38.7 Å². The van der Waals surface area contributed by atoms with Crippen molar-refractivity contribution >= 4 is 0 Å². The standard InChI is InChI=1S/C15H23N3O/c19-12-14-3-1-13(2-4-14)9-17-10-15(11-17)18-7-5-16-6-8-18/h1-4,15-16,19H,5-12H2. The first-order chi connectivity index (χ1) is 9.35. The zero-order valence-corrected chi connectivity index (χ0v) is 11.4. The summed E-state index contributed by atoms with van der Waals surface area (Å²) in [4.78, 5) is 5.11. The quantitative estimate of drug-likeness (QED) is 0.816. The smallest absolute Gasteiger partial charge is 0.0681 e. The van der Waals surface area contributed by atoms with Crippen molar-refractivity contribution in [2.45, 2.75) is 19.2 Å². The molecule has 1 aromatic rings. The number of nitrogens with zero attached hydrogens (tertiary/aromatic N) is 2. The summed E-state index contributed by atoms with van der Waals surface area (Å²) in [6.07, 6.45) is 0. The van der Waals surface area contributed by atoms with Crippen LogP contribution in [0.25, 0.3) is 0 Å². The second-order valence-corrected chi connectivity index (χ2v) is 5.61. The SMILES string of the molecule is OCc1ccc(CN2CC(N3CCNCC3)C2)cc1. The molecule has 2 aliphatic heterocycles. The lowest BCUT2D eigenvalue weighted by Gasteiger charge is -2.46. The van der Waals surface area contributed by atoms with Crippen molar-refractivity contribution in [2.24, 2.45) is 0 Å². The lowest BCUT2D eigenvalue weighted by atomic mass is 10.0. The number of hydrogen-bond acceptors (Lipinski definition) is 4. The molecule has 0 radical (unpaired) electrons. The van der Waals surface area contributed by atoms with Crippen LogP contribution in [0.1, 0.15) is 11.1 Å². The third-order valence-electron chi connectivity index (χ3n) is 4.22. The van der Waals surface area contributed by atoms with E-state index in [1.165, 1.54) is 31.7 Å². The average molecular weight is 261 g/mol. The van der Waals surface area contributed by atoms with Gasteiger partial charge in [0.05, 0.1) is 6.61 Å². The maximum Gasteiger partial charge on any atom is 0.0681 e. The zero-order valence-electron chi connectivity index (χ0n) is 11.4. The van der Waals surface area contributed by atoms with Crippen molar-refractivity contribution in [3.63, 3.8) is 0 Å². The number of nitrogens with one attached hydrogen (secondary N) is 1. The molecule has 2 heterocycles. The van der Waals surface area contributed by atoms with Gasteiger partial charge in [0.25, 0.3) is 0 Å². The highest BCUT2D eigenvalue weighted by molar-refractivity contribution is 5.22. The van der Waals surface area contributed by atoms with E-state index in [-0.39, 0.29) is 6.61 Å². The molecule has 3 rings (SSSR count). The van der Waals surface area contributed by atoms with E-state index in [1.54, 1.807) is 0 Å². The van der Waals surface area contributed by atoms with Gasteiger partial charge in [-0.15, -0.1) is 0 Å². The van der Waals surface area contributed by atoms with Gasteiger partial charge in [0.1, 0.15) is 0 Å². The van der Waals surface area contributed by atoms with Gasteiger partial charge in [-0.05, 0) is 11.1 Å². The summed E-state index contributed by atoms with van der Waals surface area (Å²) >= 11 is 0. The van der Waals surface area contributed by atoms with Gasteiger partial charge in [0.15, 0.2) is 0 Å². The summed E-state index contributed by atoms with van der Waals surface area (Å²) in [7, 11) is 0. The van der Waals surface area contributed by atoms with Crippen LogP contribution in [0.5, 0.6) is 0 Å². The molecule has 0 atom stereocenters. The van der Waals surface area contributed by atoms with E-state index >= 15 is 0 Å². The van der Waals surface area contributed by atoms with E-state index in [1.807, 2.05) is 12.1 Å². The first kappa shape index (κ1) is 13.1. The lowest BCUT2D eigenvalue weighted by Crippen LogP contribution is -2.62. The maximum atomic E-state index is 9.03. The van der Waals surface area contributed by atoms with Gasteiger partial charge < -0.3 is 10.4 Å². The Balaban J connectivity index is 1.45. The molecule has 2 fully saturated rings. The average Bonchev–Trinajstić information content (AvgIpc) is 2.44. The number of benzene rings is 1. The highest BCUT2D eigenvalue weighted by atomic mass is 16.3. The number of aliphatic hydroxyl groups excluding tert-OH is 1. The van der Waals surface area contributed by atoms with Crippen LogP contribution in [0.3, 0.4) is 0 Å². The molecule has 0 unspecified atom stereocenters. The second kappa shape index (κ2) is 6.01. The molecule has 0 aliphatic carbocycles. The molecule has 0 amide bonds. The normalized spacial score (nSPS) is 22.4. The Hall–Kier alpha value is -0.940. The molecule has 4 heteroatoms. The summed E-state index contributed by atoms with van der Waals surface area (Å²) in [5.74, 6) is 0. The summed E-state index contributed by atoms with van der Waals surface area (Å²) in [5, 5.41) is 12.4. The van der Waals surface area contributed by atoms with Gasteiger partial charge in [0.2, 0.25) is 0 Å². The Morgan fingerprint density at radius 3 is 2.32 bits per heavy atom. The number of piperazine rings is 1. The van der Waals surface area contributed by atoms with Crippen molar-refractivity contribution in [1.82, 2.24) is 15.1 Å². The fourth-order valence-electron chi connectivity index (χ4n) is 2.96. The Bertz CT molecular complexity index is 394. The highest BCUT2D eigenvalue weighted by Crippen LogP contribution is 2.18. The molecule has 0 saturated carbocycles. The molecule has 2 N–H and O–H groups in total. The molecular formula is C15H23N3O. The summed E-state index contributed by atoms with van der Waals surface area (Å²) in [6.45, 7) is 8.23. The molecule has 104 valence electrons. The van der Waals surface area contributed by atoms with E-state index in [0.717, 1.165) is 31.2 Å². The Morgan fingerprint density at radius 1 is 1.05 bits per heavy atom. The Morgan fingerprint density at radius 2 is 1.68 bits per heavy atom. The summed E-state index contributed by atoms with van der Waals surface area (Å²) in [5.41, 5.74) is 2.34. The number of likely N-dealkylation sites (tertiary alicyclic amines) is 1. The molecule has 0 spiro atoms. The molecule has 2 aliphatic rings. The van der Waals surface area contributed by atoms with Gasteiger partial charge >= 0.3 is 0 Å². The molecule has 2 saturated heterocycles. The highest BCUT2D eigenvalue weighted by Gasteiger charge is 2.31. The van der Waals surface area contributed by atoms with Gasteiger partial charge in [-0.1, -0.05) is 24.3 Å². The van der Waals surface area contributed by atoms with Crippen LogP contribution in [0.4, 0.5) is 0 Å². The predicted molar refractivity (Wildman–Crippen MR) is 75.9 cm³/mol. The minimum absolute atomic E-state index is 0.134. The number of hydrogen-bond donors (Lipinski definition) is 2. The van der Waals surface area contributed by atoms with Crippen LogP contribution in [0, 0.1) is 0 Å². The third kappa shape index (κ3) is 3.15. The summed E-state index contributed by atoms with van der Waals surface area (Å²) < 4.78 is 0. The minimum atomic E-state index is 0.134. The van der Waals surface area contributed by atoms with Gasteiger partial charge in [0, 0.05) is 51.9 Å². The molecule has 0 bridgehead atoms. The van der Waals surface area contributed by atoms with Crippen molar-refractivity contribution in [3.8, 4) is 0 Å². The van der Waals surface area contributed by atoms with E-state index in [4.69, 9.17) is 5.11 Å². The van der Waals surface area contributed by atoms with Crippen molar-refractivity contribution in [1.29, 1.82) is 0 Å². The Labute approximate surface area is 115 Å². The van der Waals surface area contributed by atoms with Gasteiger partial charge in [-0.25, -0.2) is 0 Å². The lowest BCUT2D eigenvalue weighted by molar-refractivity contribution is 0.0223. The maximum absolute atomic E-state index is 9.03. The van der Waals surface area contributed by atoms with Crippen LogP contribution in [0.15, 0.2) is 24.3 Å².